The molecule has 28 heavy (non-hydrogen) atoms. The Balaban J connectivity index is 0.000000345. The number of carbonyl (C=O) groups is 1. The molecule has 0 radical (unpaired) electrons. The monoisotopic (exact) mass is 415 g/mol. The van der Waals surface area contributed by atoms with E-state index in [-0.39, 0.29) is 5.82 Å². The lowest BCUT2D eigenvalue weighted by atomic mass is 10.1. The van der Waals surface area contributed by atoms with Gasteiger partial charge in [-0.25, -0.2) is 13.9 Å². The molecule has 0 saturated heterocycles. The third-order valence-corrected chi connectivity index (χ3v) is 3.66. The van der Waals surface area contributed by atoms with Gasteiger partial charge in [0, 0.05) is 23.3 Å². The number of hydrogen-bond donors (Lipinski definition) is 2. The van der Waals surface area contributed by atoms with Gasteiger partial charge in [-0.3, -0.25) is 0 Å². The van der Waals surface area contributed by atoms with Crippen molar-refractivity contribution in [2.24, 2.45) is 5.73 Å². The fraction of sp³-hybridized carbons (Fsp3) is 0.111. The fourth-order valence-electron chi connectivity index (χ4n) is 2.14. The summed E-state index contributed by atoms with van der Waals surface area (Å²) in [4.78, 5) is 8.90. The lowest BCUT2D eigenvalue weighted by Gasteiger charge is -2.03. The van der Waals surface area contributed by atoms with Crippen molar-refractivity contribution in [2.45, 2.75) is 12.7 Å². The molecule has 5 nitrogen and oxygen atoms in total. The summed E-state index contributed by atoms with van der Waals surface area (Å²) >= 11 is 6.10. The first-order valence-corrected chi connectivity index (χ1v) is 8.08. The minimum atomic E-state index is -5.08. The predicted molar refractivity (Wildman–Crippen MR) is 95.6 cm³/mol. The van der Waals surface area contributed by atoms with Crippen molar-refractivity contribution in [3.63, 3.8) is 0 Å². The molecule has 0 fully saturated rings. The molecule has 0 atom stereocenters. The number of rotatable bonds is 3. The standard InChI is InChI=1S/C16H13ClFN3.C2HF3O2/c17-14-6-11(8-19)5-12(7-14)13-9-20-21(10-13)16-3-1-15(18)2-4-16;3-2(4,5)1(6)7/h1-7,9-10H,8,19H2;(H,6,7). The Morgan fingerprint density at radius 3 is 2.29 bits per heavy atom. The van der Waals surface area contributed by atoms with Gasteiger partial charge in [0.1, 0.15) is 5.82 Å². The molecule has 3 N–H and O–H groups in total. The predicted octanol–water partition coefficient (Wildman–Crippen LogP) is 4.42. The Morgan fingerprint density at radius 2 is 1.75 bits per heavy atom. The summed E-state index contributed by atoms with van der Waals surface area (Å²) < 4.78 is 46.4. The van der Waals surface area contributed by atoms with E-state index in [1.54, 1.807) is 23.0 Å². The topological polar surface area (TPSA) is 81.1 Å². The lowest BCUT2D eigenvalue weighted by molar-refractivity contribution is -0.192. The van der Waals surface area contributed by atoms with Gasteiger partial charge in [0.2, 0.25) is 0 Å². The van der Waals surface area contributed by atoms with Crippen LogP contribution < -0.4 is 5.73 Å². The van der Waals surface area contributed by atoms with Crippen molar-refractivity contribution in [1.82, 2.24) is 9.78 Å². The molecule has 1 heterocycles. The molecule has 0 saturated carbocycles. The van der Waals surface area contributed by atoms with E-state index >= 15 is 0 Å². The average Bonchev–Trinajstić information content (AvgIpc) is 3.11. The highest BCUT2D eigenvalue weighted by atomic mass is 35.5. The smallest absolute Gasteiger partial charge is 0.475 e. The maximum Gasteiger partial charge on any atom is 0.490 e. The molecule has 10 heteroatoms. The summed E-state index contributed by atoms with van der Waals surface area (Å²) in [6, 6.07) is 11.9. The summed E-state index contributed by atoms with van der Waals surface area (Å²) in [6.45, 7) is 0.430. The average molecular weight is 416 g/mol. The van der Waals surface area contributed by atoms with E-state index in [1.165, 1.54) is 12.1 Å². The molecule has 3 aromatic rings. The van der Waals surface area contributed by atoms with Crippen LogP contribution in [0.15, 0.2) is 54.9 Å². The molecular weight excluding hydrogens is 402 g/mol. The highest BCUT2D eigenvalue weighted by molar-refractivity contribution is 6.31. The summed E-state index contributed by atoms with van der Waals surface area (Å²) in [7, 11) is 0. The quantitative estimate of drug-likeness (QED) is 0.620. The largest absolute Gasteiger partial charge is 0.490 e. The lowest BCUT2D eigenvalue weighted by Crippen LogP contribution is -2.21. The highest BCUT2D eigenvalue weighted by Gasteiger charge is 2.38. The van der Waals surface area contributed by atoms with Gasteiger partial charge in [-0.2, -0.15) is 18.3 Å². The van der Waals surface area contributed by atoms with Crippen LogP contribution in [0.3, 0.4) is 0 Å². The molecule has 0 bridgehead atoms. The van der Waals surface area contributed by atoms with Gasteiger partial charge in [-0.05, 0) is 53.6 Å². The van der Waals surface area contributed by atoms with Crippen molar-refractivity contribution in [2.75, 3.05) is 0 Å². The second-order valence-corrected chi connectivity index (χ2v) is 5.94. The number of aliphatic carboxylic acids is 1. The molecule has 148 valence electrons. The molecule has 1 aromatic heterocycles. The zero-order valence-electron chi connectivity index (χ0n) is 14.1. The maximum absolute atomic E-state index is 12.9. The first kappa shape index (κ1) is 21.4. The number of halogens is 5. The summed E-state index contributed by atoms with van der Waals surface area (Å²) in [5.41, 5.74) is 9.30. The molecule has 0 unspecified atom stereocenters. The van der Waals surface area contributed by atoms with Gasteiger partial charge in [0.05, 0.1) is 11.9 Å². The number of benzene rings is 2. The van der Waals surface area contributed by atoms with Crippen molar-refractivity contribution >= 4 is 17.6 Å². The van der Waals surface area contributed by atoms with Gasteiger partial charge in [-0.15, -0.1) is 0 Å². The van der Waals surface area contributed by atoms with Crippen LogP contribution >= 0.6 is 11.6 Å². The molecular formula is C18H14ClF4N3O2. The number of nitrogens with two attached hydrogens (primary N) is 1. The van der Waals surface area contributed by atoms with Gasteiger partial charge in [-0.1, -0.05) is 11.6 Å². The van der Waals surface area contributed by atoms with Gasteiger partial charge in [0.15, 0.2) is 0 Å². The number of carboxylic acid groups (broad SMARTS) is 1. The summed E-state index contributed by atoms with van der Waals surface area (Å²) in [5.74, 6) is -3.03. The zero-order chi connectivity index (χ0) is 20.9. The van der Waals surface area contributed by atoms with Crippen molar-refractivity contribution in [1.29, 1.82) is 0 Å². The minimum Gasteiger partial charge on any atom is -0.475 e. The van der Waals surface area contributed by atoms with Crippen LogP contribution in [0.2, 0.25) is 5.02 Å². The Morgan fingerprint density at radius 1 is 1.14 bits per heavy atom. The van der Waals surface area contributed by atoms with Crippen LogP contribution in [0.25, 0.3) is 16.8 Å². The van der Waals surface area contributed by atoms with E-state index in [4.69, 9.17) is 27.2 Å². The SMILES string of the molecule is NCc1cc(Cl)cc(-c2cnn(-c3ccc(F)cc3)c2)c1.O=C(O)C(F)(F)F. The molecule has 0 aliphatic heterocycles. The van der Waals surface area contributed by atoms with Crippen molar-refractivity contribution in [3.8, 4) is 16.8 Å². The van der Waals surface area contributed by atoms with E-state index in [0.29, 0.717) is 11.6 Å². The van der Waals surface area contributed by atoms with Gasteiger partial charge >= 0.3 is 12.1 Å². The van der Waals surface area contributed by atoms with E-state index < -0.39 is 12.1 Å². The third kappa shape index (κ3) is 5.80. The van der Waals surface area contributed by atoms with Crippen LogP contribution in [0.5, 0.6) is 0 Å². The normalized spacial score (nSPS) is 10.9. The van der Waals surface area contributed by atoms with Crippen LogP contribution in [0, 0.1) is 5.82 Å². The van der Waals surface area contributed by atoms with Crippen molar-refractivity contribution in [3.05, 3.63) is 71.3 Å². The van der Waals surface area contributed by atoms with Gasteiger partial charge < -0.3 is 10.8 Å². The summed E-state index contributed by atoms with van der Waals surface area (Å²) in [5, 5.41) is 12.1. The third-order valence-electron chi connectivity index (χ3n) is 3.44. The number of carboxylic acids is 1. The van der Waals surface area contributed by atoms with E-state index in [2.05, 4.69) is 5.10 Å². The molecule has 0 aliphatic carbocycles. The molecule has 0 aliphatic rings. The second-order valence-electron chi connectivity index (χ2n) is 5.51. The maximum atomic E-state index is 12.9. The number of nitrogens with zero attached hydrogens (tertiary/aromatic N) is 2. The second kappa shape index (κ2) is 8.85. The Labute approximate surface area is 162 Å². The number of aromatic nitrogens is 2. The van der Waals surface area contributed by atoms with Crippen LogP contribution in [0.1, 0.15) is 5.56 Å². The Hall–Kier alpha value is -2.91. The number of hydrogen-bond acceptors (Lipinski definition) is 3. The molecule has 0 spiro atoms. The van der Waals surface area contributed by atoms with E-state index in [1.807, 2.05) is 24.4 Å². The first-order valence-electron chi connectivity index (χ1n) is 7.71. The fourth-order valence-corrected chi connectivity index (χ4v) is 2.40. The van der Waals surface area contributed by atoms with E-state index in [9.17, 15) is 17.6 Å². The zero-order valence-corrected chi connectivity index (χ0v) is 14.9. The van der Waals surface area contributed by atoms with Gasteiger partial charge in [0.25, 0.3) is 0 Å². The molecule has 0 amide bonds. The molecule has 2 aromatic carbocycles. The van der Waals surface area contributed by atoms with Crippen LogP contribution in [0.4, 0.5) is 17.6 Å². The number of alkyl halides is 3. The van der Waals surface area contributed by atoms with E-state index in [0.717, 1.165) is 22.4 Å². The molecule has 3 rings (SSSR count). The van der Waals surface area contributed by atoms with Crippen LogP contribution in [-0.4, -0.2) is 27.0 Å². The Kier molecular flexibility index (Phi) is 6.76. The minimum absolute atomic E-state index is 0.270. The first-order chi connectivity index (χ1) is 13.1. The van der Waals surface area contributed by atoms with Crippen molar-refractivity contribution < 1.29 is 27.5 Å². The van der Waals surface area contributed by atoms with Crippen LogP contribution in [-0.2, 0) is 11.3 Å². The Bertz CT molecular complexity index is 956. The highest BCUT2D eigenvalue weighted by Crippen LogP contribution is 2.25. The summed E-state index contributed by atoms with van der Waals surface area (Å²) in [6.07, 6.45) is -1.46.